The van der Waals surface area contributed by atoms with Crippen LogP contribution in [0.3, 0.4) is 0 Å². The minimum Gasteiger partial charge on any atom is -0.475 e. The highest BCUT2D eigenvalue weighted by molar-refractivity contribution is 5.77. The van der Waals surface area contributed by atoms with Crippen molar-refractivity contribution in [1.29, 1.82) is 0 Å². The number of hydrogen-bond donors (Lipinski definition) is 1. The van der Waals surface area contributed by atoms with Crippen molar-refractivity contribution in [3.8, 4) is 5.88 Å². The second-order valence-corrected chi connectivity index (χ2v) is 7.30. The number of nitrogens with one attached hydrogen (secondary N) is 1. The lowest BCUT2D eigenvalue weighted by molar-refractivity contribution is -0.124. The molecule has 0 bridgehead atoms. The number of carbonyl (C=O) groups excluding carboxylic acids is 1. The first-order valence-corrected chi connectivity index (χ1v) is 8.36. The highest BCUT2D eigenvalue weighted by atomic mass is 16.5. The number of ether oxygens (including phenoxy) is 1. The first-order chi connectivity index (χ1) is 10.8. The Bertz CT molecular complexity index is 545. The fraction of sp³-hybridized carbons (Fsp3) is 0.667. The van der Waals surface area contributed by atoms with E-state index < -0.39 is 5.54 Å². The SMILES string of the molecule is Cc1cccnc1OCC(C)(C)NC(=O)CC1CCC(C)N1C. The van der Waals surface area contributed by atoms with Gasteiger partial charge in [0, 0.05) is 30.3 Å². The second kappa shape index (κ2) is 7.30. The van der Waals surface area contributed by atoms with Gasteiger partial charge in [-0.05, 0) is 53.7 Å². The Morgan fingerprint density at radius 2 is 2.22 bits per heavy atom. The van der Waals surface area contributed by atoms with Crippen LogP contribution in [0.1, 0.15) is 45.6 Å². The highest BCUT2D eigenvalue weighted by Gasteiger charge is 2.30. The Balaban J connectivity index is 1.83. The molecule has 2 atom stereocenters. The third-order valence-corrected chi connectivity index (χ3v) is 4.62. The molecular formula is C18H29N3O2. The van der Waals surface area contributed by atoms with Crippen LogP contribution in [0, 0.1) is 6.92 Å². The number of likely N-dealkylation sites (tertiary alicyclic amines) is 1. The molecule has 1 aliphatic rings. The van der Waals surface area contributed by atoms with Crippen LogP contribution in [0.25, 0.3) is 0 Å². The Kier molecular flexibility index (Phi) is 5.63. The lowest BCUT2D eigenvalue weighted by atomic mass is 10.1. The van der Waals surface area contributed by atoms with Crippen molar-refractivity contribution >= 4 is 5.91 Å². The first kappa shape index (κ1) is 17.7. The molecule has 2 rings (SSSR count). The third kappa shape index (κ3) is 4.93. The fourth-order valence-corrected chi connectivity index (χ4v) is 3.00. The average molecular weight is 319 g/mol. The summed E-state index contributed by atoms with van der Waals surface area (Å²) < 4.78 is 5.77. The lowest BCUT2D eigenvalue weighted by Gasteiger charge is -2.28. The summed E-state index contributed by atoms with van der Waals surface area (Å²) in [5, 5.41) is 3.09. The molecule has 0 saturated carbocycles. The average Bonchev–Trinajstić information content (AvgIpc) is 2.78. The van der Waals surface area contributed by atoms with Crippen molar-refractivity contribution in [2.45, 2.75) is 64.6 Å². The molecule has 1 amide bonds. The summed E-state index contributed by atoms with van der Waals surface area (Å²) in [5.41, 5.74) is 0.570. The number of carbonyl (C=O) groups is 1. The minimum absolute atomic E-state index is 0.0855. The molecule has 1 aliphatic heterocycles. The van der Waals surface area contributed by atoms with Crippen molar-refractivity contribution in [2.75, 3.05) is 13.7 Å². The predicted octanol–water partition coefficient (Wildman–Crippen LogP) is 2.54. The van der Waals surface area contributed by atoms with Crippen molar-refractivity contribution in [3.63, 3.8) is 0 Å². The van der Waals surface area contributed by atoms with Gasteiger partial charge in [0.05, 0.1) is 5.54 Å². The van der Waals surface area contributed by atoms with Gasteiger partial charge in [0.25, 0.3) is 0 Å². The van der Waals surface area contributed by atoms with Crippen molar-refractivity contribution in [2.24, 2.45) is 0 Å². The molecule has 2 unspecified atom stereocenters. The Morgan fingerprint density at radius 3 is 2.83 bits per heavy atom. The zero-order valence-electron chi connectivity index (χ0n) is 14.9. The monoisotopic (exact) mass is 319 g/mol. The van der Waals surface area contributed by atoms with E-state index in [0.29, 0.717) is 31.0 Å². The zero-order valence-corrected chi connectivity index (χ0v) is 14.9. The molecule has 0 aliphatic carbocycles. The van der Waals surface area contributed by atoms with E-state index in [2.05, 4.69) is 29.2 Å². The summed E-state index contributed by atoms with van der Waals surface area (Å²) in [7, 11) is 2.10. The predicted molar refractivity (Wildman–Crippen MR) is 91.6 cm³/mol. The van der Waals surface area contributed by atoms with E-state index in [0.717, 1.165) is 12.0 Å². The number of amides is 1. The molecule has 0 aromatic carbocycles. The van der Waals surface area contributed by atoms with Crippen LogP contribution in [-0.4, -0.2) is 47.1 Å². The van der Waals surface area contributed by atoms with Gasteiger partial charge in [-0.1, -0.05) is 6.07 Å². The van der Waals surface area contributed by atoms with Crippen molar-refractivity contribution < 1.29 is 9.53 Å². The summed E-state index contributed by atoms with van der Waals surface area (Å²) in [5.74, 6) is 0.710. The minimum atomic E-state index is -0.427. The third-order valence-electron chi connectivity index (χ3n) is 4.62. The normalized spacial score (nSPS) is 22.1. The largest absolute Gasteiger partial charge is 0.475 e. The summed E-state index contributed by atoms with van der Waals surface area (Å²) in [4.78, 5) is 18.9. The van der Waals surface area contributed by atoms with E-state index in [1.807, 2.05) is 32.9 Å². The fourth-order valence-electron chi connectivity index (χ4n) is 3.00. The molecule has 2 heterocycles. The van der Waals surface area contributed by atoms with E-state index in [9.17, 15) is 4.79 Å². The van der Waals surface area contributed by atoms with E-state index >= 15 is 0 Å². The summed E-state index contributed by atoms with van der Waals surface area (Å²) in [6.07, 6.45) is 4.52. The van der Waals surface area contributed by atoms with E-state index in [1.54, 1.807) is 6.20 Å². The van der Waals surface area contributed by atoms with Gasteiger partial charge in [-0.3, -0.25) is 4.79 Å². The van der Waals surface area contributed by atoms with Gasteiger partial charge in [-0.2, -0.15) is 0 Å². The van der Waals surface area contributed by atoms with Gasteiger partial charge < -0.3 is 15.0 Å². The van der Waals surface area contributed by atoms with Gasteiger partial charge >= 0.3 is 0 Å². The molecule has 0 radical (unpaired) electrons. The number of aromatic nitrogens is 1. The molecule has 1 aromatic heterocycles. The number of nitrogens with zero attached hydrogens (tertiary/aromatic N) is 2. The van der Waals surface area contributed by atoms with Crippen LogP contribution in [0.15, 0.2) is 18.3 Å². The van der Waals surface area contributed by atoms with Gasteiger partial charge in [-0.15, -0.1) is 0 Å². The van der Waals surface area contributed by atoms with E-state index in [1.165, 1.54) is 6.42 Å². The maximum absolute atomic E-state index is 12.3. The molecule has 128 valence electrons. The molecule has 23 heavy (non-hydrogen) atoms. The lowest BCUT2D eigenvalue weighted by Crippen LogP contribution is -2.49. The maximum Gasteiger partial charge on any atom is 0.222 e. The van der Waals surface area contributed by atoms with Crippen LogP contribution in [0.2, 0.25) is 0 Å². The Morgan fingerprint density at radius 1 is 1.48 bits per heavy atom. The zero-order chi connectivity index (χ0) is 17.0. The molecule has 1 N–H and O–H groups in total. The summed E-state index contributed by atoms with van der Waals surface area (Å²) in [6.45, 7) is 8.53. The number of aryl methyl sites for hydroxylation is 1. The van der Waals surface area contributed by atoms with Gasteiger partial charge in [-0.25, -0.2) is 4.98 Å². The van der Waals surface area contributed by atoms with E-state index in [-0.39, 0.29) is 5.91 Å². The Hall–Kier alpha value is -1.62. The van der Waals surface area contributed by atoms with Crippen LogP contribution in [0.5, 0.6) is 5.88 Å². The van der Waals surface area contributed by atoms with E-state index in [4.69, 9.17) is 4.74 Å². The quantitative estimate of drug-likeness (QED) is 0.875. The molecule has 1 saturated heterocycles. The van der Waals surface area contributed by atoms with Crippen LogP contribution >= 0.6 is 0 Å². The molecule has 1 aromatic rings. The topological polar surface area (TPSA) is 54.5 Å². The number of rotatable bonds is 6. The van der Waals surface area contributed by atoms with Crippen molar-refractivity contribution in [1.82, 2.24) is 15.2 Å². The van der Waals surface area contributed by atoms with Gasteiger partial charge in [0.1, 0.15) is 6.61 Å². The highest BCUT2D eigenvalue weighted by Crippen LogP contribution is 2.24. The molecule has 1 fully saturated rings. The van der Waals surface area contributed by atoms with Gasteiger partial charge in [0.2, 0.25) is 11.8 Å². The Labute approximate surface area is 139 Å². The van der Waals surface area contributed by atoms with Crippen LogP contribution in [0.4, 0.5) is 0 Å². The van der Waals surface area contributed by atoms with Crippen molar-refractivity contribution in [3.05, 3.63) is 23.9 Å². The number of hydrogen-bond acceptors (Lipinski definition) is 4. The van der Waals surface area contributed by atoms with Crippen LogP contribution < -0.4 is 10.1 Å². The molecule has 5 heteroatoms. The summed E-state index contributed by atoms with van der Waals surface area (Å²) in [6, 6.07) is 4.76. The van der Waals surface area contributed by atoms with Crippen LogP contribution in [-0.2, 0) is 4.79 Å². The second-order valence-electron chi connectivity index (χ2n) is 7.30. The maximum atomic E-state index is 12.3. The molecule has 5 nitrogen and oxygen atoms in total. The standard InChI is InChI=1S/C18H29N3O2/c1-13-7-6-10-19-17(13)23-12-18(3,4)20-16(22)11-15-9-8-14(2)21(15)5/h6-7,10,14-15H,8-9,11-12H2,1-5H3,(H,20,22). The first-order valence-electron chi connectivity index (χ1n) is 8.36. The molecule has 0 spiro atoms. The molecular weight excluding hydrogens is 290 g/mol. The van der Waals surface area contributed by atoms with Gasteiger partial charge in [0.15, 0.2) is 0 Å². The summed E-state index contributed by atoms with van der Waals surface area (Å²) >= 11 is 0. The smallest absolute Gasteiger partial charge is 0.222 e. The number of pyridine rings is 1.